The molecule has 1 rings (SSSR count). The Hall–Kier alpha value is 0.200. The van der Waals surface area contributed by atoms with Crippen molar-refractivity contribution in [2.75, 3.05) is 21.1 Å². The van der Waals surface area contributed by atoms with Crippen molar-refractivity contribution >= 4 is 11.6 Å². The van der Waals surface area contributed by atoms with Gasteiger partial charge in [0.2, 0.25) is 0 Å². The van der Waals surface area contributed by atoms with Gasteiger partial charge in [-0.15, -0.1) is 0 Å². The summed E-state index contributed by atoms with van der Waals surface area (Å²) < 4.78 is 0.946. The first kappa shape index (κ1) is 13.2. The summed E-state index contributed by atoms with van der Waals surface area (Å²) in [5.74, 6) is 0. The van der Waals surface area contributed by atoms with Gasteiger partial charge in [-0.05, 0) is 12.1 Å². The maximum atomic E-state index is 5.78. The molecule has 0 saturated heterocycles. The van der Waals surface area contributed by atoms with Crippen molar-refractivity contribution in [2.45, 2.75) is 6.54 Å². The van der Waals surface area contributed by atoms with E-state index in [4.69, 9.17) is 11.6 Å². The first-order valence-corrected chi connectivity index (χ1v) is 4.40. The summed E-state index contributed by atoms with van der Waals surface area (Å²) in [7, 11) is 6.53. The minimum absolute atomic E-state index is 0. The average Bonchev–Trinajstić information content (AvgIpc) is 1.91. The van der Waals surface area contributed by atoms with Crippen molar-refractivity contribution in [2.24, 2.45) is 0 Å². The zero-order valence-corrected chi connectivity index (χ0v) is 11.1. The molecule has 3 heteroatoms. The van der Waals surface area contributed by atoms with E-state index in [0.717, 1.165) is 16.1 Å². The molecule has 0 aliphatic carbocycles. The van der Waals surface area contributed by atoms with Crippen LogP contribution < -0.4 is 24.0 Å². The highest BCUT2D eigenvalue weighted by Crippen LogP contribution is 2.12. The number of benzene rings is 1. The minimum atomic E-state index is 0. The largest absolute Gasteiger partial charge is 1.00 e. The van der Waals surface area contributed by atoms with Crippen molar-refractivity contribution < 1.29 is 28.5 Å². The van der Waals surface area contributed by atoms with E-state index in [0.29, 0.717) is 0 Å². The molecule has 1 nitrogen and oxygen atoms in total. The smallest absolute Gasteiger partial charge is 0.104 e. The normalized spacial score (nSPS) is 10.8. The summed E-state index contributed by atoms with van der Waals surface area (Å²) >= 11 is 5.78. The quantitative estimate of drug-likeness (QED) is 0.513. The Morgan fingerprint density at radius 2 is 1.54 bits per heavy atom. The lowest BCUT2D eigenvalue weighted by atomic mass is 10.2. The van der Waals surface area contributed by atoms with Crippen LogP contribution in [-0.4, -0.2) is 25.6 Å². The predicted molar refractivity (Wildman–Crippen MR) is 53.2 cm³/mol. The van der Waals surface area contributed by atoms with Crippen LogP contribution in [0.5, 0.6) is 0 Å². The van der Waals surface area contributed by atoms with Crippen molar-refractivity contribution in [1.82, 2.24) is 0 Å². The molecule has 1 aromatic carbocycles. The third-order valence-corrected chi connectivity index (χ3v) is 1.82. The molecule has 0 atom stereocenters. The lowest BCUT2D eigenvalue weighted by molar-refractivity contribution is -0.884. The molecule has 13 heavy (non-hydrogen) atoms. The molecule has 0 saturated carbocycles. The van der Waals surface area contributed by atoms with Crippen LogP contribution >= 0.6 is 11.6 Å². The molecular weight excluding hydrogens is 296 g/mol. The first-order chi connectivity index (χ1) is 5.47. The number of hydrogen-bond acceptors (Lipinski definition) is 0. The van der Waals surface area contributed by atoms with Gasteiger partial charge in [0.25, 0.3) is 0 Å². The molecule has 0 N–H and O–H groups in total. The Balaban J connectivity index is 0.00000144. The highest BCUT2D eigenvalue weighted by Gasteiger charge is 2.07. The van der Waals surface area contributed by atoms with Gasteiger partial charge < -0.3 is 28.5 Å². The van der Waals surface area contributed by atoms with E-state index in [-0.39, 0.29) is 24.0 Å². The number of nitrogens with zero attached hydrogens (tertiary/aromatic N) is 1. The average molecular weight is 312 g/mol. The van der Waals surface area contributed by atoms with E-state index < -0.39 is 0 Å². The van der Waals surface area contributed by atoms with Crippen molar-refractivity contribution in [3.8, 4) is 0 Å². The Morgan fingerprint density at radius 1 is 1.08 bits per heavy atom. The second-order valence-electron chi connectivity index (χ2n) is 4.07. The van der Waals surface area contributed by atoms with Gasteiger partial charge in [-0.3, -0.25) is 0 Å². The summed E-state index contributed by atoms with van der Waals surface area (Å²) in [6.45, 7) is 1.04. The molecular formula is C10H15ClIN. The molecule has 0 fully saturated rings. The van der Waals surface area contributed by atoms with Gasteiger partial charge in [-0.1, -0.05) is 23.7 Å². The van der Waals surface area contributed by atoms with Gasteiger partial charge in [0.05, 0.1) is 21.1 Å². The second kappa shape index (κ2) is 5.17. The Bertz CT molecular complexity index is 251. The molecule has 0 aliphatic heterocycles. The molecule has 0 heterocycles. The zero-order chi connectivity index (χ0) is 9.19. The van der Waals surface area contributed by atoms with Crippen LogP contribution in [0.3, 0.4) is 0 Å². The maximum Gasteiger partial charge on any atom is 0.104 e. The molecule has 0 unspecified atom stereocenters. The number of hydrogen-bond donors (Lipinski definition) is 0. The van der Waals surface area contributed by atoms with Gasteiger partial charge in [0, 0.05) is 10.6 Å². The Kier molecular flexibility index (Phi) is 5.25. The number of quaternary nitrogens is 1. The summed E-state index contributed by atoms with van der Waals surface area (Å²) in [6, 6.07) is 8.02. The summed E-state index contributed by atoms with van der Waals surface area (Å²) in [5.41, 5.74) is 1.33. The van der Waals surface area contributed by atoms with E-state index >= 15 is 0 Å². The lowest BCUT2D eigenvalue weighted by Crippen LogP contribution is -3.00. The standard InChI is InChI=1S/C10H15ClN.HI/c1-12(2,3)8-9-4-6-10(11)7-5-9;/h4-7H,8H2,1-3H3;1H/q+1;/p-1. The first-order valence-electron chi connectivity index (χ1n) is 4.02. The van der Waals surface area contributed by atoms with Gasteiger partial charge in [0.15, 0.2) is 0 Å². The topological polar surface area (TPSA) is 0 Å². The SMILES string of the molecule is C[N+](C)(C)Cc1ccc(Cl)cc1.[I-]. The molecule has 1 aromatic rings. The van der Waals surface area contributed by atoms with E-state index in [1.807, 2.05) is 12.1 Å². The van der Waals surface area contributed by atoms with Gasteiger partial charge in [0.1, 0.15) is 6.54 Å². The molecule has 0 amide bonds. The fourth-order valence-electron chi connectivity index (χ4n) is 1.14. The zero-order valence-electron chi connectivity index (χ0n) is 8.22. The second-order valence-corrected chi connectivity index (χ2v) is 4.51. The van der Waals surface area contributed by atoms with Crippen LogP contribution in [-0.2, 0) is 6.54 Å². The predicted octanol–water partition coefficient (Wildman–Crippen LogP) is -0.450. The monoisotopic (exact) mass is 311 g/mol. The number of halogens is 2. The van der Waals surface area contributed by atoms with E-state index in [1.54, 1.807) is 0 Å². The van der Waals surface area contributed by atoms with Crippen LogP contribution in [0, 0.1) is 0 Å². The Labute approximate surface area is 102 Å². The fraction of sp³-hybridized carbons (Fsp3) is 0.400. The molecule has 0 aromatic heterocycles. The fourth-order valence-corrected chi connectivity index (χ4v) is 1.26. The summed E-state index contributed by atoms with van der Waals surface area (Å²) in [4.78, 5) is 0. The highest BCUT2D eigenvalue weighted by atomic mass is 127. The van der Waals surface area contributed by atoms with Crippen molar-refractivity contribution in [3.63, 3.8) is 0 Å². The minimum Gasteiger partial charge on any atom is -1.00 e. The van der Waals surface area contributed by atoms with E-state index in [1.165, 1.54) is 5.56 Å². The summed E-state index contributed by atoms with van der Waals surface area (Å²) in [6.07, 6.45) is 0. The highest BCUT2D eigenvalue weighted by molar-refractivity contribution is 6.30. The number of rotatable bonds is 2. The molecule has 0 aliphatic rings. The summed E-state index contributed by atoms with van der Waals surface area (Å²) in [5, 5.41) is 0.806. The van der Waals surface area contributed by atoms with Gasteiger partial charge in [-0.2, -0.15) is 0 Å². The molecule has 0 bridgehead atoms. The van der Waals surface area contributed by atoms with Gasteiger partial charge in [-0.25, -0.2) is 0 Å². The van der Waals surface area contributed by atoms with Crippen LogP contribution in [0.4, 0.5) is 0 Å². The molecule has 0 spiro atoms. The maximum absolute atomic E-state index is 5.78. The third kappa shape index (κ3) is 5.49. The van der Waals surface area contributed by atoms with Gasteiger partial charge >= 0.3 is 0 Å². The van der Waals surface area contributed by atoms with Crippen LogP contribution in [0.2, 0.25) is 5.02 Å². The van der Waals surface area contributed by atoms with E-state index in [9.17, 15) is 0 Å². The van der Waals surface area contributed by atoms with Crippen LogP contribution in [0.1, 0.15) is 5.56 Å². The molecule has 0 radical (unpaired) electrons. The molecule has 74 valence electrons. The van der Waals surface area contributed by atoms with Crippen LogP contribution in [0.15, 0.2) is 24.3 Å². The van der Waals surface area contributed by atoms with Crippen LogP contribution in [0.25, 0.3) is 0 Å². The Morgan fingerprint density at radius 3 is 1.92 bits per heavy atom. The van der Waals surface area contributed by atoms with Crippen molar-refractivity contribution in [3.05, 3.63) is 34.9 Å². The third-order valence-electron chi connectivity index (χ3n) is 1.57. The van der Waals surface area contributed by atoms with Crippen molar-refractivity contribution in [1.29, 1.82) is 0 Å². The van der Waals surface area contributed by atoms with E-state index in [2.05, 4.69) is 33.3 Å². The lowest BCUT2D eigenvalue weighted by Gasteiger charge is -2.23.